The number of nitrogens with zero attached hydrogens (tertiary/aromatic N) is 4. The predicted molar refractivity (Wildman–Crippen MR) is 298 cm³/mol. The third-order valence-corrected chi connectivity index (χ3v) is 13.6. The monoisotopic (exact) mass is 1080 g/mol. The molecule has 0 atom stereocenters. The number of para-hydroxylation sites is 4. The number of halogens is 2. The van der Waals surface area contributed by atoms with Gasteiger partial charge in [-0.15, -0.1) is 0 Å². The van der Waals surface area contributed by atoms with E-state index in [4.69, 9.17) is 9.97 Å². The first-order chi connectivity index (χ1) is 35.0. The molecule has 72 heavy (non-hydrogen) atoms. The fourth-order valence-corrected chi connectivity index (χ4v) is 9.60. The highest BCUT2D eigenvalue weighted by Gasteiger charge is 2.24. The number of aromatic nitrogens is 4. The number of carbonyl (C=O) groups is 4. The Morgan fingerprint density at radius 3 is 1.17 bits per heavy atom. The van der Waals surface area contributed by atoms with E-state index >= 15 is 0 Å². The Bertz CT molecular complexity index is 3340. The quantitative estimate of drug-likeness (QED) is 0.0890. The lowest BCUT2D eigenvalue weighted by Gasteiger charge is -2.22. The maximum Gasteiger partial charge on any atom is 0.238 e. The average Bonchev–Trinajstić information content (AvgIpc) is 4.23. The standard InChI is InChI=1S/C56H48Br2N10O4/c1-67-27-28-68(2)32-52(72)66-40-18-10-6-14-36(40)56-46-24-22-44(61-46)54(34-12-4-8-16-38(34)64-50(70)30-58)42-20-19-41(59-42)53(33-11-3-7-15-37(33)63-49(69)29-57)43-21-23-45(60-43)55(47-25-26-48(56)62-47)35-13-5-9-17-39(35)65-51(71)31-67/h3-26,60-61H,27-32H2,1-2H3,(H,63,69)(H,64,70)(H,65,71)(H,66,72). The Morgan fingerprint density at radius 1 is 0.486 bits per heavy atom. The van der Waals surface area contributed by atoms with Crippen LogP contribution < -0.4 is 21.3 Å². The predicted octanol–water partition coefficient (Wildman–Crippen LogP) is 10.7. The smallest absolute Gasteiger partial charge is 0.238 e. The van der Waals surface area contributed by atoms with Crippen LogP contribution in [0.2, 0.25) is 0 Å². The van der Waals surface area contributed by atoms with Gasteiger partial charge in [0.15, 0.2) is 0 Å². The Kier molecular flexibility index (Phi) is 13.9. The van der Waals surface area contributed by atoms with Crippen molar-refractivity contribution in [1.29, 1.82) is 0 Å². The van der Waals surface area contributed by atoms with Gasteiger partial charge in [0.2, 0.25) is 23.6 Å². The molecule has 0 radical (unpaired) electrons. The molecule has 4 amide bonds. The van der Waals surface area contributed by atoms with E-state index in [1.165, 1.54) is 0 Å². The van der Waals surface area contributed by atoms with Gasteiger partial charge >= 0.3 is 0 Å². The lowest BCUT2D eigenvalue weighted by Crippen LogP contribution is -2.38. The van der Waals surface area contributed by atoms with Gasteiger partial charge in [0.25, 0.3) is 0 Å². The topological polar surface area (TPSA) is 180 Å². The van der Waals surface area contributed by atoms with Crippen LogP contribution in [0.5, 0.6) is 0 Å². The Hall–Kier alpha value is -7.76. The fourth-order valence-electron chi connectivity index (χ4n) is 9.32. The van der Waals surface area contributed by atoms with Gasteiger partial charge in [-0.25, -0.2) is 9.97 Å². The molecule has 4 aromatic carbocycles. The van der Waals surface area contributed by atoms with Crippen LogP contribution in [0.25, 0.3) is 90.9 Å². The molecule has 3 aromatic heterocycles. The van der Waals surface area contributed by atoms with Gasteiger partial charge < -0.3 is 31.2 Å². The van der Waals surface area contributed by atoms with Gasteiger partial charge in [-0.3, -0.25) is 29.0 Å². The Morgan fingerprint density at radius 2 is 0.806 bits per heavy atom. The van der Waals surface area contributed by atoms with Gasteiger partial charge in [0.05, 0.1) is 46.5 Å². The number of aromatic amines is 2. The zero-order chi connectivity index (χ0) is 49.9. The van der Waals surface area contributed by atoms with Crippen molar-refractivity contribution in [2.75, 3.05) is 72.2 Å². The number of alkyl halides is 2. The summed E-state index contributed by atoms with van der Waals surface area (Å²) in [6.07, 6.45) is 7.84. The highest BCUT2D eigenvalue weighted by Crippen LogP contribution is 2.43. The first-order valence-electron chi connectivity index (χ1n) is 23.3. The summed E-state index contributed by atoms with van der Waals surface area (Å²) in [7, 11) is 3.77. The molecule has 6 N–H and O–H groups in total. The molecule has 0 spiro atoms. The van der Waals surface area contributed by atoms with Crippen molar-refractivity contribution < 1.29 is 19.2 Å². The molecule has 14 nitrogen and oxygen atoms in total. The summed E-state index contributed by atoms with van der Waals surface area (Å²) in [5.41, 5.74) is 13.3. The molecule has 0 saturated heterocycles. The van der Waals surface area contributed by atoms with Crippen LogP contribution >= 0.6 is 31.9 Å². The number of carbonyl (C=O) groups excluding carboxylic acids is 4. The summed E-state index contributed by atoms with van der Waals surface area (Å²) < 4.78 is 0. The number of fused-ring (bicyclic) bond motifs is 12. The van der Waals surface area contributed by atoms with Crippen LogP contribution in [0.1, 0.15) is 22.8 Å². The lowest BCUT2D eigenvalue weighted by atomic mass is 10.0. The normalized spacial score (nSPS) is 14.2. The van der Waals surface area contributed by atoms with Gasteiger partial charge in [0, 0.05) is 102 Å². The van der Waals surface area contributed by atoms with Crippen LogP contribution in [0.3, 0.4) is 0 Å². The minimum absolute atomic E-state index is 0.0967. The summed E-state index contributed by atoms with van der Waals surface area (Å²) in [5, 5.41) is 12.8. The molecular weight excluding hydrogens is 1040 g/mol. The van der Waals surface area contributed by atoms with E-state index in [0.717, 1.165) is 11.1 Å². The molecule has 10 bridgehead atoms. The maximum absolute atomic E-state index is 13.9. The van der Waals surface area contributed by atoms with E-state index in [2.05, 4.69) is 63.1 Å². The van der Waals surface area contributed by atoms with Crippen LogP contribution in [-0.2, 0) is 19.2 Å². The second-order valence-electron chi connectivity index (χ2n) is 17.6. The number of anilines is 4. The van der Waals surface area contributed by atoms with E-state index in [1.807, 2.05) is 170 Å². The Labute approximate surface area is 432 Å². The molecule has 0 saturated carbocycles. The van der Waals surface area contributed by atoms with Gasteiger partial charge in [-0.1, -0.05) is 105 Å². The second kappa shape index (κ2) is 20.9. The first kappa shape index (κ1) is 47.9. The summed E-state index contributed by atoms with van der Waals surface area (Å²) in [5.74, 6) is -0.845. The van der Waals surface area contributed by atoms with Gasteiger partial charge in [0.1, 0.15) is 0 Å². The Balaban J connectivity index is 1.37. The van der Waals surface area contributed by atoms with Crippen molar-refractivity contribution in [3.05, 3.63) is 144 Å². The minimum Gasteiger partial charge on any atom is -0.354 e. The molecule has 3 aliphatic heterocycles. The number of benzene rings is 4. The SMILES string of the molecule is CN1CCN(C)CC(=O)Nc2ccccc2-c2c3nc(c(c4ccc([nH]4)c(-c4ccccc4NC(=O)CBr)c4nc(c(-c5ccccc5NC(=O)CBr)c5ccc2[nH]5)C=C4)-c2ccccc2NC(=O)C1)C=C3. The number of hydrogen-bond donors (Lipinski definition) is 6. The molecular formula is C56H48Br2N10O4. The number of nitrogens with one attached hydrogen (secondary N) is 6. The minimum atomic E-state index is -0.223. The second-order valence-corrected chi connectivity index (χ2v) is 18.7. The zero-order valence-corrected chi connectivity index (χ0v) is 42.4. The van der Waals surface area contributed by atoms with Crippen LogP contribution in [0.15, 0.2) is 121 Å². The third kappa shape index (κ3) is 9.94. The van der Waals surface area contributed by atoms with E-state index < -0.39 is 0 Å². The number of rotatable bonds is 6. The fraction of sp³-hybridized carbons (Fsp3) is 0.143. The molecule has 16 heteroatoms. The summed E-state index contributed by atoms with van der Waals surface area (Å²) in [6, 6.07) is 38.6. The van der Waals surface area contributed by atoms with Crippen molar-refractivity contribution in [3.8, 4) is 44.5 Å². The third-order valence-electron chi connectivity index (χ3n) is 12.6. The van der Waals surface area contributed by atoms with Crippen molar-refractivity contribution in [2.24, 2.45) is 0 Å². The first-order valence-corrected chi connectivity index (χ1v) is 25.5. The molecule has 10 rings (SSSR count). The van der Waals surface area contributed by atoms with Crippen LogP contribution in [0.4, 0.5) is 22.7 Å². The van der Waals surface area contributed by atoms with E-state index in [1.54, 1.807) is 0 Å². The molecule has 0 unspecified atom stereocenters. The summed E-state index contributed by atoms with van der Waals surface area (Å²) in [6.45, 7) is 1.32. The highest BCUT2D eigenvalue weighted by molar-refractivity contribution is 9.09. The number of likely N-dealkylation sites (N-methyl/N-ethyl adjacent to an activating group) is 2. The number of hydrogen-bond acceptors (Lipinski definition) is 8. The number of amides is 4. The molecule has 360 valence electrons. The lowest BCUT2D eigenvalue weighted by molar-refractivity contribution is -0.118. The highest BCUT2D eigenvalue weighted by atomic mass is 79.9. The van der Waals surface area contributed by atoms with E-state index in [0.29, 0.717) is 114 Å². The molecule has 0 aliphatic carbocycles. The van der Waals surface area contributed by atoms with Crippen LogP contribution in [-0.4, -0.2) is 104 Å². The molecule has 7 aromatic rings. The van der Waals surface area contributed by atoms with Crippen molar-refractivity contribution in [2.45, 2.75) is 0 Å². The largest absolute Gasteiger partial charge is 0.354 e. The van der Waals surface area contributed by atoms with E-state index in [-0.39, 0.29) is 47.4 Å². The average molecular weight is 1080 g/mol. The van der Waals surface area contributed by atoms with Gasteiger partial charge in [-0.2, -0.15) is 0 Å². The van der Waals surface area contributed by atoms with Crippen LogP contribution in [0, 0.1) is 0 Å². The zero-order valence-electron chi connectivity index (χ0n) is 39.3. The molecule has 6 heterocycles. The maximum atomic E-state index is 13.9. The summed E-state index contributed by atoms with van der Waals surface area (Å²) in [4.78, 5) is 76.2. The van der Waals surface area contributed by atoms with Crippen molar-refractivity contribution in [3.63, 3.8) is 0 Å². The summed E-state index contributed by atoms with van der Waals surface area (Å²) >= 11 is 6.65. The van der Waals surface area contributed by atoms with Crippen molar-refractivity contribution in [1.82, 2.24) is 29.7 Å². The number of H-pyrrole nitrogens is 2. The molecule has 0 fully saturated rings. The molecule has 3 aliphatic rings. The van der Waals surface area contributed by atoms with E-state index in [9.17, 15) is 19.2 Å². The van der Waals surface area contributed by atoms with Crippen molar-refractivity contribution >= 4 is 125 Å². The van der Waals surface area contributed by atoms with Gasteiger partial charge in [-0.05, 0) is 86.9 Å².